The fourth-order valence-electron chi connectivity index (χ4n) is 2.48. The van der Waals surface area contributed by atoms with Crippen LogP contribution in [0.4, 0.5) is 13.2 Å². The molecule has 0 radical (unpaired) electrons. The van der Waals surface area contributed by atoms with Gasteiger partial charge < -0.3 is 10.6 Å². The van der Waals surface area contributed by atoms with Crippen LogP contribution in [0, 0.1) is 11.8 Å². The van der Waals surface area contributed by atoms with Gasteiger partial charge in [-0.1, -0.05) is 12.5 Å². The fourth-order valence-corrected chi connectivity index (χ4v) is 2.48. The van der Waals surface area contributed by atoms with Crippen LogP contribution in [0.1, 0.15) is 19.3 Å². The van der Waals surface area contributed by atoms with Gasteiger partial charge in [-0.25, -0.2) is 0 Å². The Morgan fingerprint density at radius 1 is 1.42 bits per heavy atom. The first-order valence-corrected chi connectivity index (χ1v) is 6.05. The van der Waals surface area contributed by atoms with Gasteiger partial charge >= 0.3 is 6.18 Å². The molecule has 0 unspecified atom stereocenters. The average molecular weight is 301 g/mol. The molecule has 1 aliphatic carbocycles. The lowest BCUT2D eigenvalue weighted by molar-refractivity contribution is -0.163. The van der Waals surface area contributed by atoms with E-state index in [9.17, 15) is 18.0 Å². The van der Waals surface area contributed by atoms with Crippen LogP contribution in [0.3, 0.4) is 0 Å². The average Bonchev–Trinajstić information content (AvgIpc) is 2.73. The summed E-state index contributed by atoms with van der Waals surface area (Å²) in [6.07, 6.45) is -0.759. The first kappa shape index (κ1) is 18.2. The fraction of sp³-hybridized carbons (Fsp3) is 0.750. The molecular weight excluding hydrogens is 281 g/mol. The van der Waals surface area contributed by atoms with Gasteiger partial charge in [-0.05, 0) is 25.3 Å². The zero-order valence-corrected chi connectivity index (χ0v) is 11.5. The monoisotopic (exact) mass is 300 g/mol. The quantitative estimate of drug-likeness (QED) is 0.792. The van der Waals surface area contributed by atoms with E-state index in [0.717, 1.165) is 17.7 Å². The molecular formula is C12H20ClF3N2O. The van der Waals surface area contributed by atoms with E-state index < -0.39 is 18.6 Å². The predicted octanol–water partition coefficient (Wildman–Crippen LogP) is 2.36. The van der Waals surface area contributed by atoms with E-state index >= 15 is 0 Å². The summed E-state index contributed by atoms with van der Waals surface area (Å²) in [5.41, 5.74) is 5.55. The second-order valence-corrected chi connectivity index (χ2v) is 4.66. The highest BCUT2D eigenvalue weighted by Crippen LogP contribution is 2.33. The Morgan fingerprint density at radius 3 is 2.53 bits per heavy atom. The maximum absolute atomic E-state index is 12.4. The number of hydrogen-bond acceptors (Lipinski definition) is 2. The molecule has 1 amide bonds. The maximum atomic E-state index is 12.4. The molecule has 0 bridgehead atoms. The van der Waals surface area contributed by atoms with E-state index in [-0.39, 0.29) is 30.8 Å². The third-order valence-corrected chi connectivity index (χ3v) is 3.31. The lowest BCUT2D eigenvalue weighted by atomic mass is 9.94. The van der Waals surface area contributed by atoms with Crippen LogP contribution in [0.2, 0.25) is 0 Å². The molecule has 1 saturated carbocycles. The van der Waals surface area contributed by atoms with Crippen LogP contribution in [-0.2, 0) is 4.79 Å². The Labute approximate surface area is 117 Å². The number of alkyl halides is 3. The number of halogens is 4. The summed E-state index contributed by atoms with van der Waals surface area (Å²) < 4.78 is 37.2. The summed E-state index contributed by atoms with van der Waals surface area (Å²) in [6, 6.07) is 0. The van der Waals surface area contributed by atoms with Crippen LogP contribution < -0.4 is 5.73 Å². The van der Waals surface area contributed by atoms with Crippen molar-refractivity contribution in [1.82, 2.24) is 4.90 Å². The second-order valence-electron chi connectivity index (χ2n) is 4.66. The van der Waals surface area contributed by atoms with E-state index in [2.05, 4.69) is 6.58 Å². The molecule has 0 aliphatic heterocycles. The van der Waals surface area contributed by atoms with Crippen molar-refractivity contribution in [2.75, 3.05) is 19.6 Å². The third kappa shape index (κ3) is 5.40. The number of nitrogens with two attached hydrogens (primary N) is 1. The van der Waals surface area contributed by atoms with Gasteiger partial charge in [0.05, 0.1) is 0 Å². The van der Waals surface area contributed by atoms with E-state index in [1.54, 1.807) is 0 Å². The normalized spacial score (nSPS) is 22.7. The number of hydrogen-bond donors (Lipinski definition) is 1. The minimum absolute atomic E-state index is 0. The molecule has 2 atom stereocenters. The topological polar surface area (TPSA) is 46.3 Å². The number of amides is 1. The standard InChI is InChI=1S/C12H19F3N2O.ClH/c1-2-6-17(8-12(13,14)15)11(18)10-5-3-4-9(10)7-16;/h2,9-10H,1,3-8,16H2;1H/t9-,10-;/m1./s1. The predicted molar refractivity (Wildman–Crippen MR) is 70.0 cm³/mol. The van der Waals surface area contributed by atoms with Crippen molar-refractivity contribution in [3.8, 4) is 0 Å². The summed E-state index contributed by atoms with van der Waals surface area (Å²) in [6.45, 7) is 2.45. The highest BCUT2D eigenvalue weighted by atomic mass is 35.5. The Hall–Kier alpha value is -0.750. The van der Waals surface area contributed by atoms with Gasteiger partial charge in [0, 0.05) is 12.5 Å². The highest BCUT2D eigenvalue weighted by molar-refractivity contribution is 5.85. The Kier molecular flexibility index (Phi) is 7.44. The smallest absolute Gasteiger partial charge is 0.330 e. The van der Waals surface area contributed by atoms with Gasteiger partial charge in [0.15, 0.2) is 0 Å². The van der Waals surface area contributed by atoms with E-state index in [4.69, 9.17) is 5.73 Å². The molecule has 0 aromatic rings. The molecule has 19 heavy (non-hydrogen) atoms. The molecule has 0 spiro atoms. The minimum Gasteiger partial charge on any atom is -0.330 e. The molecule has 0 aromatic heterocycles. The number of rotatable bonds is 5. The van der Waals surface area contributed by atoms with Gasteiger partial charge in [-0.15, -0.1) is 19.0 Å². The Balaban J connectivity index is 0.00000324. The number of nitrogens with zero attached hydrogens (tertiary/aromatic N) is 1. The molecule has 0 aromatic carbocycles. The number of carbonyl (C=O) groups is 1. The zero-order valence-electron chi connectivity index (χ0n) is 10.7. The van der Waals surface area contributed by atoms with Crippen LogP contribution in [0.5, 0.6) is 0 Å². The summed E-state index contributed by atoms with van der Waals surface area (Å²) in [5.74, 6) is -0.796. The molecule has 0 saturated heterocycles. The van der Waals surface area contributed by atoms with Gasteiger partial charge in [0.25, 0.3) is 0 Å². The van der Waals surface area contributed by atoms with Crippen LogP contribution >= 0.6 is 12.4 Å². The first-order chi connectivity index (χ1) is 8.39. The van der Waals surface area contributed by atoms with E-state index in [0.29, 0.717) is 13.0 Å². The maximum Gasteiger partial charge on any atom is 0.406 e. The SMILES string of the molecule is C=CCN(CC(F)(F)F)C(=O)[C@@H]1CCC[C@@H]1CN.Cl. The van der Waals surface area contributed by atoms with Crippen molar-refractivity contribution in [2.24, 2.45) is 17.6 Å². The summed E-state index contributed by atoms with van der Waals surface area (Å²) in [4.78, 5) is 12.9. The highest BCUT2D eigenvalue weighted by Gasteiger charge is 2.38. The summed E-state index contributed by atoms with van der Waals surface area (Å²) >= 11 is 0. The molecule has 1 aliphatic rings. The summed E-state index contributed by atoms with van der Waals surface area (Å²) in [7, 11) is 0. The molecule has 1 rings (SSSR count). The molecule has 0 heterocycles. The van der Waals surface area contributed by atoms with Crippen molar-refractivity contribution < 1.29 is 18.0 Å². The largest absolute Gasteiger partial charge is 0.406 e. The van der Waals surface area contributed by atoms with Crippen molar-refractivity contribution in [1.29, 1.82) is 0 Å². The molecule has 1 fully saturated rings. The lowest BCUT2D eigenvalue weighted by Crippen LogP contribution is -2.43. The van der Waals surface area contributed by atoms with E-state index in [1.165, 1.54) is 6.08 Å². The van der Waals surface area contributed by atoms with Crippen molar-refractivity contribution in [2.45, 2.75) is 25.4 Å². The van der Waals surface area contributed by atoms with E-state index in [1.807, 2.05) is 0 Å². The molecule has 2 N–H and O–H groups in total. The first-order valence-electron chi connectivity index (χ1n) is 6.05. The van der Waals surface area contributed by atoms with Crippen molar-refractivity contribution >= 4 is 18.3 Å². The summed E-state index contributed by atoms with van der Waals surface area (Å²) in [5, 5.41) is 0. The van der Waals surface area contributed by atoms with Crippen LogP contribution in [0.15, 0.2) is 12.7 Å². The third-order valence-electron chi connectivity index (χ3n) is 3.31. The zero-order chi connectivity index (χ0) is 13.8. The Morgan fingerprint density at radius 2 is 2.05 bits per heavy atom. The van der Waals surface area contributed by atoms with Crippen molar-refractivity contribution in [3.63, 3.8) is 0 Å². The molecule has 7 heteroatoms. The van der Waals surface area contributed by atoms with Gasteiger partial charge in [-0.3, -0.25) is 4.79 Å². The van der Waals surface area contributed by atoms with Gasteiger partial charge in [0.2, 0.25) is 5.91 Å². The second kappa shape index (κ2) is 7.75. The van der Waals surface area contributed by atoms with Crippen LogP contribution in [0.25, 0.3) is 0 Å². The van der Waals surface area contributed by atoms with Crippen LogP contribution in [-0.4, -0.2) is 36.6 Å². The van der Waals surface area contributed by atoms with Gasteiger partial charge in [0.1, 0.15) is 6.54 Å². The molecule has 112 valence electrons. The Bertz CT molecular complexity index is 310. The number of carbonyl (C=O) groups excluding carboxylic acids is 1. The van der Waals surface area contributed by atoms with Gasteiger partial charge in [-0.2, -0.15) is 13.2 Å². The molecule has 3 nitrogen and oxygen atoms in total. The minimum atomic E-state index is -4.38. The lowest BCUT2D eigenvalue weighted by Gasteiger charge is -2.27. The van der Waals surface area contributed by atoms with Crippen molar-refractivity contribution in [3.05, 3.63) is 12.7 Å².